The van der Waals surface area contributed by atoms with Gasteiger partial charge in [-0.1, -0.05) is 12.1 Å². The molecule has 0 spiro atoms. The summed E-state index contributed by atoms with van der Waals surface area (Å²) in [4.78, 5) is 15.7. The number of carbonyl (C=O) groups is 1. The highest BCUT2D eigenvalue weighted by molar-refractivity contribution is 7.91. The number of nitrogens with zero attached hydrogens (tertiary/aromatic N) is 1. The van der Waals surface area contributed by atoms with Crippen LogP contribution in [0.3, 0.4) is 0 Å². The van der Waals surface area contributed by atoms with E-state index in [4.69, 9.17) is 4.74 Å². The van der Waals surface area contributed by atoms with Gasteiger partial charge in [0.2, 0.25) is 0 Å². The number of hydrogen-bond acceptors (Lipinski definition) is 5. The molecule has 0 radical (unpaired) electrons. The number of para-hydroxylation sites is 2. The summed E-state index contributed by atoms with van der Waals surface area (Å²) in [5.74, 6) is 1.08. The van der Waals surface area contributed by atoms with Gasteiger partial charge in [0, 0.05) is 6.04 Å². The summed E-state index contributed by atoms with van der Waals surface area (Å²) in [6.45, 7) is 3.86. The molecule has 0 aromatic heterocycles. The Kier molecular flexibility index (Phi) is 5.48. The number of benzene rings is 1. The molecule has 1 atom stereocenters. The zero-order chi connectivity index (χ0) is 17.9. The van der Waals surface area contributed by atoms with E-state index in [9.17, 15) is 13.2 Å². The lowest BCUT2D eigenvalue weighted by atomic mass is 10.2. The van der Waals surface area contributed by atoms with Crippen molar-refractivity contribution in [2.45, 2.75) is 12.5 Å². The van der Waals surface area contributed by atoms with Crippen LogP contribution in [0.1, 0.15) is 6.42 Å². The Balaban J connectivity index is 1.47. The van der Waals surface area contributed by atoms with Crippen molar-refractivity contribution in [2.75, 3.05) is 56.2 Å². The molecule has 2 saturated heterocycles. The predicted octanol–water partition coefficient (Wildman–Crippen LogP) is -1.30. The van der Waals surface area contributed by atoms with Crippen molar-refractivity contribution in [2.24, 2.45) is 0 Å². The number of methoxy groups -OCH3 is 1. The van der Waals surface area contributed by atoms with E-state index in [1.165, 1.54) is 4.90 Å². The van der Waals surface area contributed by atoms with E-state index in [1.54, 1.807) is 7.11 Å². The molecule has 0 unspecified atom stereocenters. The Morgan fingerprint density at radius 3 is 2.68 bits per heavy atom. The van der Waals surface area contributed by atoms with Crippen molar-refractivity contribution in [1.29, 1.82) is 0 Å². The summed E-state index contributed by atoms with van der Waals surface area (Å²) in [5, 5.41) is 2.87. The van der Waals surface area contributed by atoms with Crippen LogP contribution in [0.2, 0.25) is 0 Å². The van der Waals surface area contributed by atoms with Gasteiger partial charge in [-0.2, -0.15) is 0 Å². The van der Waals surface area contributed by atoms with E-state index in [2.05, 4.69) is 16.3 Å². The largest absolute Gasteiger partial charge is 0.495 e. The standard InChI is InChI=1S/C17H25N3O4S/c1-24-16-5-3-2-4-15(16)20-9-7-19(8-10-20)12-17(21)18-14-6-11-25(22,23)13-14/h2-5,14H,6-13H2,1H3,(H,18,21)/p+1/t14-/m1/s1. The second-order valence-corrected chi connectivity index (χ2v) is 8.98. The van der Waals surface area contributed by atoms with Crippen LogP contribution in [0.25, 0.3) is 0 Å². The minimum atomic E-state index is -2.96. The average molecular weight is 368 g/mol. The van der Waals surface area contributed by atoms with Gasteiger partial charge in [0.15, 0.2) is 16.4 Å². The molecule has 25 heavy (non-hydrogen) atoms. The van der Waals surface area contributed by atoms with Crippen molar-refractivity contribution in [3.05, 3.63) is 24.3 Å². The average Bonchev–Trinajstić information content (AvgIpc) is 2.94. The molecule has 138 valence electrons. The lowest BCUT2D eigenvalue weighted by Gasteiger charge is -2.34. The summed E-state index contributed by atoms with van der Waals surface area (Å²) < 4.78 is 28.3. The molecule has 0 saturated carbocycles. The first kappa shape index (κ1) is 18.0. The molecule has 2 N–H and O–H groups in total. The third-order valence-corrected chi connectivity index (χ3v) is 6.67. The van der Waals surface area contributed by atoms with Crippen LogP contribution < -0.4 is 19.9 Å². The maximum atomic E-state index is 12.2. The Hall–Kier alpha value is -1.80. The molecule has 7 nitrogen and oxygen atoms in total. The minimum Gasteiger partial charge on any atom is -0.495 e. The van der Waals surface area contributed by atoms with Crippen LogP contribution >= 0.6 is 0 Å². The molecular formula is C17H26N3O4S+. The molecule has 2 aliphatic rings. The van der Waals surface area contributed by atoms with Gasteiger partial charge in [0.05, 0.1) is 50.5 Å². The topological polar surface area (TPSA) is 80.2 Å². The van der Waals surface area contributed by atoms with Crippen LogP contribution in [0.5, 0.6) is 5.75 Å². The van der Waals surface area contributed by atoms with Gasteiger partial charge in [-0.15, -0.1) is 0 Å². The van der Waals surface area contributed by atoms with Crippen LogP contribution in [0, 0.1) is 0 Å². The van der Waals surface area contributed by atoms with E-state index >= 15 is 0 Å². The zero-order valence-corrected chi connectivity index (χ0v) is 15.3. The molecule has 2 aliphatic heterocycles. The molecule has 1 aromatic carbocycles. The van der Waals surface area contributed by atoms with Gasteiger partial charge in [-0.05, 0) is 18.6 Å². The number of hydrogen-bond donors (Lipinski definition) is 2. The first-order valence-corrected chi connectivity index (χ1v) is 10.5. The van der Waals surface area contributed by atoms with Gasteiger partial charge in [0.25, 0.3) is 5.91 Å². The van der Waals surface area contributed by atoms with Crippen molar-refractivity contribution >= 4 is 21.4 Å². The zero-order valence-electron chi connectivity index (χ0n) is 14.5. The number of piperazine rings is 1. The molecule has 2 fully saturated rings. The fourth-order valence-electron chi connectivity index (χ4n) is 3.55. The molecule has 0 aliphatic carbocycles. The van der Waals surface area contributed by atoms with Crippen LogP contribution in [0.4, 0.5) is 5.69 Å². The van der Waals surface area contributed by atoms with Gasteiger partial charge in [-0.25, -0.2) is 8.42 Å². The van der Waals surface area contributed by atoms with Crippen LogP contribution in [0.15, 0.2) is 24.3 Å². The summed E-state index contributed by atoms with van der Waals surface area (Å²) in [6.07, 6.45) is 0.533. The number of ether oxygens (including phenoxy) is 1. The molecule has 2 heterocycles. The molecule has 1 aromatic rings. The SMILES string of the molecule is COc1ccccc1N1CC[NH+](CC(=O)N[C@@H]2CCS(=O)(=O)C2)CC1. The van der Waals surface area contributed by atoms with Gasteiger partial charge in [-0.3, -0.25) is 4.79 Å². The maximum absolute atomic E-state index is 12.2. The second-order valence-electron chi connectivity index (χ2n) is 6.75. The Morgan fingerprint density at radius 1 is 1.32 bits per heavy atom. The third kappa shape index (κ3) is 4.64. The highest BCUT2D eigenvalue weighted by Gasteiger charge is 2.30. The fourth-order valence-corrected chi connectivity index (χ4v) is 5.22. The number of sulfone groups is 1. The van der Waals surface area contributed by atoms with Crippen molar-refractivity contribution in [1.82, 2.24) is 5.32 Å². The Morgan fingerprint density at radius 2 is 2.04 bits per heavy atom. The minimum absolute atomic E-state index is 0.0529. The Bertz CT molecular complexity index is 714. The number of amides is 1. The van der Waals surface area contributed by atoms with Gasteiger partial charge < -0.3 is 19.9 Å². The second kappa shape index (κ2) is 7.61. The summed E-state index contributed by atoms with van der Waals surface area (Å²) >= 11 is 0. The summed E-state index contributed by atoms with van der Waals surface area (Å²) in [7, 11) is -1.28. The van der Waals surface area contributed by atoms with Crippen LogP contribution in [-0.2, 0) is 14.6 Å². The number of anilines is 1. The fraction of sp³-hybridized carbons (Fsp3) is 0.588. The van der Waals surface area contributed by atoms with Crippen molar-refractivity contribution in [3.8, 4) is 5.75 Å². The van der Waals surface area contributed by atoms with E-state index in [1.807, 2.05) is 18.2 Å². The smallest absolute Gasteiger partial charge is 0.275 e. The molecular weight excluding hydrogens is 342 g/mol. The number of rotatable bonds is 5. The Labute approximate surface area is 148 Å². The van der Waals surface area contributed by atoms with Gasteiger partial charge >= 0.3 is 0 Å². The normalized spacial score (nSPS) is 23.4. The quantitative estimate of drug-likeness (QED) is 0.676. The van der Waals surface area contributed by atoms with Crippen molar-refractivity contribution < 1.29 is 22.8 Å². The van der Waals surface area contributed by atoms with E-state index in [0.29, 0.717) is 13.0 Å². The summed E-state index contributed by atoms with van der Waals surface area (Å²) in [5.41, 5.74) is 1.09. The maximum Gasteiger partial charge on any atom is 0.275 e. The number of carbonyl (C=O) groups excluding carboxylic acids is 1. The van der Waals surface area contributed by atoms with Gasteiger partial charge in [0.1, 0.15) is 5.75 Å². The highest BCUT2D eigenvalue weighted by atomic mass is 32.2. The lowest BCUT2D eigenvalue weighted by Crippen LogP contribution is -3.16. The van der Waals surface area contributed by atoms with Crippen LogP contribution in [-0.4, -0.2) is 71.7 Å². The predicted molar refractivity (Wildman–Crippen MR) is 96.0 cm³/mol. The van der Waals surface area contributed by atoms with E-state index < -0.39 is 9.84 Å². The van der Waals surface area contributed by atoms with E-state index in [0.717, 1.165) is 37.6 Å². The molecule has 3 rings (SSSR count). The van der Waals surface area contributed by atoms with Crippen molar-refractivity contribution in [3.63, 3.8) is 0 Å². The molecule has 8 heteroatoms. The molecule has 1 amide bonds. The van der Waals surface area contributed by atoms with E-state index in [-0.39, 0.29) is 23.5 Å². The first-order chi connectivity index (χ1) is 12.0. The highest BCUT2D eigenvalue weighted by Crippen LogP contribution is 2.27. The molecule has 0 bridgehead atoms. The monoisotopic (exact) mass is 368 g/mol. The summed E-state index contributed by atoms with van der Waals surface area (Å²) in [6, 6.07) is 7.75. The number of quaternary nitrogens is 1. The number of nitrogens with one attached hydrogen (secondary N) is 2. The third-order valence-electron chi connectivity index (χ3n) is 4.90. The first-order valence-electron chi connectivity index (χ1n) is 8.68. The lowest BCUT2D eigenvalue weighted by molar-refractivity contribution is -0.892.